The second kappa shape index (κ2) is 5.17. The van der Waals surface area contributed by atoms with Gasteiger partial charge in [-0.05, 0) is 43.0 Å². The van der Waals surface area contributed by atoms with Crippen molar-refractivity contribution in [2.75, 3.05) is 13.2 Å². The molecule has 2 rings (SSSR count). The minimum Gasteiger partial charge on any atom is -0.493 e. The predicted octanol–water partition coefficient (Wildman–Crippen LogP) is 2.24. The van der Waals surface area contributed by atoms with Gasteiger partial charge in [0.2, 0.25) is 0 Å². The van der Waals surface area contributed by atoms with E-state index < -0.39 is 0 Å². The highest BCUT2D eigenvalue weighted by Crippen LogP contribution is 2.31. The maximum absolute atomic E-state index is 5.60. The highest BCUT2D eigenvalue weighted by Gasteiger charge is 2.17. The molecule has 1 heterocycles. The van der Waals surface area contributed by atoms with Crippen LogP contribution in [-0.4, -0.2) is 13.2 Å². The molecule has 0 spiro atoms. The van der Waals surface area contributed by atoms with Gasteiger partial charge in [-0.3, -0.25) is 0 Å². The van der Waals surface area contributed by atoms with E-state index in [2.05, 4.69) is 18.7 Å². The Morgan fingerprint density at radius 1 is 1.44 bits per heavy atom. The summed E-state index contributed by atoms with van der Waals surface area (Å²) >= 11 is 0. The highest BCUT2D eigenvalue weighted by atomic mass is 16.5. The topological polar surface area (TPSA) is 35.2 Å². The van der Waals surface area contributed by atoms with E-state index >= 15 is 0 Å². The summed E-state index contributed by atoms with van der Waals surface area (Å²) in [5.41, 5.74) is 9.82. The lowest BCUT2D eigenvalue weighted by Gasteiger charge is -2.12. The zero-order valence-electron chi connectivity index (χ0n) is 9.67. The van der Waals surface area contributed by atoms with Gasteiger partial charge in [-0.2, -0.15) is 0 Å². The molecule has 1 aliphatic rings. The fourth-order valence-corrected chi connectivity index (χ4v) is 2.33. The molecule has 0 atom stereocenters. The molecule has 2 nitrogen and oxygen atoms in total. The molecule has 1 aromatic carbocycles. The number of hydrogen-bond donors (Lipinski definition) is 1. The lowest BCUT2D eigenvalue weighted by atomic mass is 9.93. The van der Waals surface area contributed by atoms with Gasteiger partial charge in [-0.1, -0.05) is 12.1 Å². The molecular weight excluding hydrogens is 198 g/mol. The molecule has 0 radical (unpaired) electrons. The Balaban J connectivity index is 2.34. The number of nitrogens with two attached hydrogens (primary N) is 1. The molecule has 0 fully saturated rings. The van der Waals surface area contributed by atoms with Crippen molar-refractivity contribution in [2.45, 2.75) is 25.7 Å². The molecule has 0 unspecified atom stereocenters. The summed E-state index contributed by atoms with van der Waals surface area (Å²) in [6.07, 6.45) is 6.05. The number of rotatable bonds is 5. The van der Waals surface area contributed by atoms with Crippen molar-refractivity contribution in [3.8, 4) is 5.75 Å². The smallest absolute Gasteiger partial charge is 0.122 e. The number of benzene rings is 1. The van der Waals surface area contributed by atoms with Crippen molar-refractivity contribution in [2.24, 2.45) is 5.73 Å². The van der Waals surface area contributed by atoms with Crippen LogP contribution in [0.3, 0.4) is 0 Å². The molecule has 0 saturated carbocycles. The number of fused-ring (bicyclic) bond motifs is 1. The largest absolute Gasteiger partial charge is 0.493 e. The van der Waals surface area contributed by atoms with Crippen LogP contribution in [0.5, 0.6) is 5.75 Å². The van der Waals surface area contributed by atoms with E-state index in [0.29, 0.717) is 0 Å². The quantitative estimate of drug-likeness (QED) is 0.768. The molecule has 2 N–H and O–H groups in total. The Hall–Kier alpha value is -1.28. The van der Waals surface area contributed by atoms with Crippen molar-refractivity contribution >= 4 is 0 Å². The first-order valence-electron chi connectivity index (χ1n) is 5.94. The summed E-state index contributed by atoms with van der Waals surface area (Å²) in [4.78, 5) is 0. The highest BCUT2D eigenvalue weighted by molar-refractivity contribution is 5.48. The van der Waals surface area contributed by atoms with Gasteiger partial charge in [0.1, 0.15) is 5.75 Å². The monoisotopic (exact) mass is 217 g/mol. The lowest BCUT2D eigenvalue weighted by Crippen LogP contribution is -2.04. The van der Waals surface area contributed by atoms with Gasteiger partial charge in [0, 0.05) is 12.0 Å². The Morgan fingerprint density at radius 2 is 2.31 bits per heavy atom. The van der Waals surface area contributed by atoms with E-state index in [4.69, 9.17) is 10.5 Å². The summed E-state index contributed by atoms with van der Waals surface area (Å²) in [6.45, 7) is 5.38. The minimum atomic E-state index is 0.748. The van der Waals surface area contributed by atoms with Crippen LogP contribution in [0.25, 0.3) is 0 Å². The summed E-state index contributed by atoms with van der Waals surface area (Å²) in [6, 6.07) is 4.25. The normalized spacial score (nSPS) is 13.3. The lowest BCUT2D eigenvalue weighted by molar-refractivity contribution is 0.357. The third-order valence-corrected chi connectivity index (χ3v) is 3.09. The first kappa shape index (κ1) is 11.2. The minimum absolute atomic E-state index is 0.748. The summed E-state index contributed by atoms with van der Waals surface area (Å²) < 4.78 is 5.60. The number of allylic oxidation sites excluding steroid dienone is 1. The molecule has 2 heteroatoms. The Morgan fingerprint density at radius 3 is 3.06 bits per heavy atom. The third kappa shape index (κ3) is 2.12. The molecule has 1 aromatic rings. The van der Waals surface area contributed by atoms with Crippen LogP contribution in [0.2, 0.25) is 0 Å². The summed E-state index contributed by atoms with van der Waals surface area (Å²) in [7, 11) is 0. The van der Waals surface area contributed by atoms with E-state index in [-0.39, 0.29) is 0 Å². The van der Waals surface area contributed by atoms with Crippen LogP contribution in [-0.2, 0) is 19.3 Å². The van der Waals surface area contributed by atoms with Crippen LogP contribution in [0, 0.1) is 0 Å². The van der Waals surface area contributed by atoms with E-state index in [1.807, 2.05) is 6.08 Å². The van der Waals surface area contributed by atoms with E-state index in [1.165, 1.54) is 16.7 Å². The van der Waals surface area contributed by atoms with Crippen LogP contribution >= 0.6 is 0 Å². The standard InChI is InChI=1S/C14H19NO/c1-2-4-11-6-7-14-13(8-10-16-14)12(11)5-3-9-15/h2,6-7H,1,3-5,8-10,15H2. The average molecular weight is 217 g/mol. The van der Waals surface area contributed by atoms with Crippen LogP contribution in [0.15, 0.2) is 24.8 Å². The maximum atomic E-state index is 5.60. The summed E-state index contributed by atoms with van der Waals surface area (Å²) in [5, 5.41) is 0. The van der Waals surface area contributed by atoms with Gasteiger partial charge in [-0.25, -0.2) is 0 Å². The zero-order chi connectivity index (χ0) is 11.4. The Labute approximate surface area is 97.1 Å². The fourth-order valence-electron chi connectivity index (χ4n) is 2.33. The molecule has 86 valence electrons. The van der Waals surface area contributed by atoms with Gasteiger partial charge in [-0.15, -0.1) is 6.58 Å². The van der Waals surface area contributed by atoms with Gasteiger partial charge in [0.25, 0.3) is 0 Å². The maximum Gasteiger partial charge on any atom is 0.122 e. The average Bonchev–Trinajstić information content (AvgIpc) is 2.76. The SMILES string of the molecule is C=CCc1ccc2c(c1CCCN)CCO2. The second-order valence-corrected chi connectivity index (χ2v) is 4.16. The van der Waals surface area contributed by atoms with Crippen LogP contribution < -0.4 is 10.5 Å². The van der Waals surface area contributed by atoms with Crippen molar-refractivity contribution in [3.63, 3.8) is 0 Å². The first-order valence-corrected chi connectivity index (χ1v) is 5.94. The Bertz CT molecular complexity index is 385. The molecule has 0 saturated heterocycles. The van der Waals surface area contributed by atoms with Crippen molar-refractivity contribution in [3.05, 3.63) is 41.5 Å². The van der Waals surface area contributed by atoms with Crippen molar-refractivity contribution < 1.29 is 4.74 Å². The molecule has 0 aromatic heterocycles. The van der Waals surface area contributed by atoms with Gasteiger partial charge in [0.05, 0.1) is 6.61 Å². The van der Waals surface area contributed by atoms with Gasteiger partial charge < -0.3 is 10.5 Å². The van der Waals surface area contributed by atoms with Crippen LogP contribution in [0.4, 0.5) is 0 Å². The Kier molecular flexibility index (Phi) is 3.62. The molecule has 0 bridgehead atoms. The van der Waals surface area contributed by atoms with Crippen molar-refractivity contribution in [1.82, 2.24) is 0 Å². The van der Waals surface area contributed by atoms with Crippen LogP contribution in [0.1, 0.15) is 23.1 Å². The third-order valence-electron chi connectivity index (χ3n) is 3.09. The number of hydrogen-bond acceptors (Lipinski definition) is 2. The second-order valence-electron chi connectivity index (χ2n) is 4.16. The molecule has 16 heavy (non-hydrogen) atoms. The first-order chi connectivity index (χ1) is 7.86. The molecule has 1 aliphatic heterocycles. The van der Waals surface area contributed by atoms with E-state index in [0.717, 1.165) is 44.6 Å². The van der Waals surface area contributed by atoms with Gasteiger partial charge in [0.15, 0.2) is 0 Å². The number of ether oxygens (including phenoxy) is 1. The zero-order valence-corrected chi connectivity index (χ0v) is 9.67. The molecule has 0 amide bonds. The van der Waals surface area contributed by atoms with E-state index in [9.17, 15) is 0 Å². The van der Waals surface area contributed by atoms with E-state index in [1.54, 1.807) is 0 Å². The predicted molar refractivity (Wildman–Crippen MR) is 66.9 cm³/mol. The molecular formula is C14H19NO. The van der Waals surface area contributed by atoms with Crippen molar-refractivity contribution in [1.29, 1.82) is 0 Å². The molecule has 0 aliphatic carbocycles. The summed E-state index contributed by atoms with van der Waals surface area (Å²) in [5.74, 6) is 1.07. The van der Waals surface area contributed by atoms with Gasteiger partial charge >= 0.3 is 0 Å². The fraction of sp³-hybridized carbons (Fsp3) is 0.429.